The molecule has 0 atom stereocenters. The molecule has 0 heterocycles. The van der Waals surface area contributed by atoms with E-state index < -0.39 is 0 Å². The third kappa shape index (κ3) is 6.71. The summed E-state index contributed by atoms with van der Waals surface area (Å²) in [7, 11) is 7.05. The third-order valence-electron chi connectivity index (χ3n) is 4.47. The predicted molar refractivity (Wildman–Crippen MR) is 114 cm³/mol. The number of nitrogens with one attached hydrogen (secondary N) is 2. The van der Waals surface area contributed by atoms with E-state index in [1.54, 1.807) is 18.2 Å². The molecule has 2 rings (SSSR count). The number of rotatable bonds is 10. The van der Waals surface area contributed by atoms with Crippen molar-refractivity contribution in [1.29, 1.82) is 0 Å². The monoisotopic (exact) mass is 399 g/mol. The number of anilines is 1. The van der Waals surface area contributed by atoms with Crippen molar-refractivity contribution < 1.29 is 19.1 Å². The maximum absolute atomic E-state index is 12.2. The zero-order valence-electron chi connectivity index (χ0n) is 17.5. The lowest BCUT2D eigenvalue weighted by atomic mass is 10.1. The van der Waals surface area contributed by atoms with E-state index in [0.717, 1.165) is 18.5 Å². The molecule has 0 bridgehead atoms. The van der Waals surface area contributed by atoms with Crippen LogP contribution in [0.1, 0.15) is 22.3 Å². The Balaban J connectivity index is 1.71. The molecule has 2 N–H and O–H groups in total. The molecule has 7 heteroatoms. The van der Waals surface area contributed by atoms with E-state index >= 15 is 0 Å². The lowest BCUT2D eigenvalue weighted by molar-refractivity contribution is -0.120. The zero-order chi connectivity index (χ0) is 21.2. The van der Waals surface area contributed by atoms with Gasteiger partial charge in [0, 0.05) is 31.9 Å². The highest BCUT2D eigenvalue weighted by atomic mass is 16.5. The van der Waals surface area contributed by atoms with Crippen molar-refractivity contribution in [2.24, 2.45) is 0 Å². The van der Waals surface area contributed by atoms with Gasteiger partial charge in [-0.1, -0.05) is 12.1 Å². The number of amides is 2. The van der Waals surface area contributed by atoms with Crippen molar-refractivity contribution in [3.8, 4) is 11.5 Å². The van der Waals surface area contributed by atoms with Crippen LogP contribution in [0.2, 0.25) is 0 Å². The molecule has 0 aliphatic carbocycles. The average Bonchev–Trinajstić information content (AvgIpc) is 2.74. The van der Waals surface area contributed by atoms with Gasteiger partial charge in [0.05, 0.1) is 20.8 Å². The first kappa shape index (κ1) is 22.1. The second kappa shape index (κ2) is 10.9. The molecule has 2 aromatic rings. The quantitative estimate of drug-likeness (QED) is 0.599. The highest BCUT2D eigenvalue weighted by Gasteiger charge is 2.11. The molecule has 0 aliphatic heterocycles. The summed E-state index contributed by atoms with van der Waals surface area (Å²) in [5, 5.41) is 5.43. The van der Waals surface area contributed by atoms with Gasteiger partial charge in [-0.2, -0.15) is 0 Å². The van der Waals surface area contributed by atoms with E-state index in [4.69, 9.17) is 9.47 Å². The van der Waals surface area contributed by atoms with Crippen LogP contribution in [0.5, 0.6) is 11.5 Å². The van der Waals surface area contributed by atoms with Crippen molar-refractivity contribution in [3.05, 3.63) is 53.6 Å². The Morgan fingerprint density at radius 1 is 0.931 bits per heavy atom. The van der Waals surface area contributed by atoms with E-state index in [9.17, 15) is 9.59 Å². The fourth-order valence-corrected chi connectivity index (χ4v) is 2.78. The number of methoxy groups -OCH3 is 2. The van der Waals surface area contributed by atoms with E-state index in [1.807, 2.05) is 14.1 Å². The van der Waals surface area contributed by atoms with Crippen LogP contribution in [0.25, 0.3) is 0 Å². The zero-order valence-corrected chi connectivity index (χ0v) is 17.5. The fraction of sp³-hybridized carbons (Fsp3) is 0.364. The van der Waals surface area contributed by atoms with Crippen LogP contribution in [0, 0.1) is 0 Å². The fourth-order valence-electron chi connectivity index (χ4n) is 2.78. The van der Waals surface area contributed by atoms with Gasteiger partial charge in [-0.15, -0.1) is 0 Å². The first-order valence-electron chi connectivity index (χ1n) is 9.47. The first-order chi connectivity index (χ1) is 13.9. The van der Waals surface area contributed by atoms with E-state index in [0.29, 0.717) is 23.6 Å². The van der Waals surface area contributed by atoms with Gasteiger partial charge in [-0.3, -0.25) is 9.59 Å². The molecule has 0 aliphatic rings. The second-order valence-corrected chi connectivity index (χ2v) is 6.77. The summed E-state index contributed by atoms with van der Waals surface area (Å²) < 4.78 is 10.3. The Morgan fingerprint density at radius 3 is 2.24 bits per heavy atom. The van der Waals surface area contributed by atoms with Crippen LogP contribution >= 0.6 is 0 Å². The molecule has 0 radical (unpaired) electrons. The molecule has 2 amide bonds. The summed E-state index contributed by atoms with van der Waals surface area (Å²) in [5.74, 6) is 0.435. The molecule has 156 valence electrons. The Bertz CT molecular complexity index is 819. The van der Waals surface area contributed by atoms with Gasteiger partial charge in [0.25, 0.3) is 5.91 Å². The average molecular weight is 399 g/mol. The lowest BCUT2D eigenvalue weighted by Crippen LogP contribution is -2.37. The molecule has 0 aromatic heterocycles. The van der Waals surface area contributed by atoms with Crippen molar-refractivity contribution in [1.82, 2.24) is 10.6 Å². The number of benzene rings is 2. The summed E-state index contributed by atoms with van der Waals surface area (Å²) in [6, 6.07) is 13.2. The molecular formula is C22H29N3O4. The van der Waals surface area contributed by atoms with Gasteiger partial charge in [-0.05, 0) is 48.7 Å². The minimum absolute atomic E-state index is 0.0787. The minimum Gasteiger partial charge on any atom is -0.493 e. The van der Waals surface area contributed by atoms with Crippen molar-refractivity contribution in [2.45, 2.75) is 12.8 Å². The highest BCUT2D eigenvalue weighted by Crippen LogP contribution is 2.27. The molecule has 7 nitrogen and oxygen atoms in total. The Labute approximate surface area is 172 Å². The maximum Gasteiger partial charge on any atom is 0.251 e. The molecule has 0 unspecified atom stereocenters. The third-order valence-corrected chi connectivity index (χ3v) is 4.47. The molecular weight excluding hydrogens is 370 g/mol. The molecule has 0 saturated carbocycles. The van der Waals surface area contributed by atoms with Crippen molar-refractivity contribution >= 4 is 17.5 Å². The Kier molecular flexibility index (Phi) is 8.33. The molecule has 0 saturated heterocycles. The highest BCUT2D eigenvalue weighted by molar-refractivity contribution is 5.97. The summed E-state index contributed by atoms with van der Waals surface area (Å²) in [6.45, 7) is 0.477. The van der Waals surface area contributed by atoms with Crippen LogP contribution in [0.15, 0.2) is 42.5 Å². The topological polar surface area (TPSA) is 79.9 Å². The van der Waals surface area contributed by atoms with Crippen LogP contribution in [-0.2, 0) is 11.2 Å². The Morgan fingerprint density at radius 2 is 1.62 bits per heavy atom. The summed E-state index contributed by atoms with van der Waals surface area (Å²) in [6.07, 6.45) is 1.71. The molecule has 0 fully saturated rings. The number of hydrogen-bond acceptors (Lipinski definition) is 5. The number of aryl methyl sites for hydroxylation is 1. The number of carbonyl (C=O) groups excluding carboxylic acids is 2. The standard InChI is InChI=1S/C22H29N3O4/c1-25(2)18-10-7-16(8-11-18)6-5-13-23-21(26)15-24-22(27)17-9-12-19(28-3)20(14-17)29-4/h7-12,14H,5-6,13,15H2,1-4H3,(H,23,26)(H,24,27). The lowest BCUT2D eigenvalue weighted by Gasteiger charge is -2.12. The van der Waals surface area contributed by atoms with Gasteiger partial charge in [0.1, 0.15) is 0 Å². The molecule has 29 heavy (non-hydrogen) atoms. The van der Waals surface area contributed by atoms with Gasteiger partial charge in [-0.25, -0.2) is 0 Å². The van der Waals surface area contributed by atoms with Crippen LogP contribution in [-0.4, -0.2) is 53.2 Å². The van der Waals surface area contributed by atoms with Gasteiger partial charge < -0.3 is 25.0 Å². The van der Waals surface area contributed by atoms with Crippen LogP contribution in [0.3, 0.4) is 0 Å². The van der Waals surface area contributed by atoms with Gasteiger partial charge in [0.15, 0.2) is 11.5 Å². The van der Waals surface area contributed by atoms with Crippen LogP contribution < -0.4 is 25.0 Å². The van der Waals surface area contributed by atoms with Crippen molar-refractivity contribution in [3.63, 3.8) is 0 Å². The summed E-state index contributed by atoms with van der Waals surface area (Å²) in [4.78, 5) is 26.2. The predicted octanol–water partition coefficient (Wildman–Crippen LogP) is 2.25. The number of ether oxygens (including phenoxy) is 2. The normalized spacial score (nSPS) is 10.2. The summed E-state index contributed by atoms with van der Waals surface area (Å²) >= 11 is 0. The SMILES string of the molecule is COc1ccc(C(=O)NCC(=O)NCCCc2ccc(N(C)C)cc2)cc1OC. The van der Waals surface area contributed by atoms with Crippen molar-refractivity contribution in [2.75, 3.05) is 46.3 Å². The second-order valence-electron chi connectivity index (χ2n) is 6.77. The van der Waals surface area contributed by atoms with E-state index in [1.165, 1.54) is 19.8 Å². The van der Waals surface area contributed by atoms with Crippen LogP contribution in [0.4, 0.5) is 5.69 Å². The maximum atomic E-state index is 12.2. The number of hydrogen-bond donors (Lipinski definition) is 2. The minimum atomic E-state index is -0.345. The summed E-state index contributed by atoms with van der Waals surface area (Å²) in [5.41, 5.74) is 2.79. The van der Waals surface area contributed by atoms with Gasteiger partial charge >= 0.3 is 0 Å². The smallest absolute Gasteiger partial charge is 0.251 e. The largest absolute Gasteiger partial charge is 0.493 e. The molecule has 2 aromatic carbocycles. The van der Waals surface area contributed by atoms with Gasteiger partial charge in [0.2, 0.25) is 5.91 Å². The number of nitrogens with zero attached hydrogens (tertiary/aromatic N) is 1. The van der Waals surface area contributed by atoms with E-state index in [-0.39, 0.29) is 18.4 Å². The first-order valence-corrected chi connectivity index (χ1v) is 9.47. The van der Waals surface area contributed by atoms with E-state index in [2.05, 4.69) is 39.8 Å². The molecule has 0 spiro atoms. The Hall–Kier alpha value is -3.22. The number of carbonyl (C=O) groups is 2.